The number of benzene rings is 1. The molecule has 0 spiro atoms. The fourth-order valence-corrected chi connectivity index (χ4v) is 3.10. The van der Waals surface area contributed by atoms with Gasteiger partial charge in [-0.05, 0) is 44.2 Å². The minimum Gasteiger partial charge on any atom is -0.390 e. The molecule has 7 heteroatoms. The van der Waals surface area contributed by atoms with Gasteiger partial charge in [0.25, 0.3) is 5.91 Å². The minimum atomic E-state index is -0.363. The third-order valence-electron chi connectivity index (χ3n) is 4.23. The van der Waals surface area contributed by atoms with E-state index in [0.29, 0.717) is 17.3 Å². The van der Waals surface area contributed by atoms with Crippen LogP contribution in [0.4, 0.5) is 0 Å². The second-order valence-electron chi connectivity index (χ2n) is 6.01. The highest BCUT2D eigenvalue weighted by atomic mass is 35.5. The van der Waals surface area contributed by atoms with Crippen LogP contribution in [-0.2, 0) is 6.61 Å². The van der Waals surface area contributed by atoms with Crippen molar-refractivity contribution in [2.45, 2.75) is 38.7 Å². The number of allylic oxidation sites excluding steroid dienone is 1. The van der Waals surface area contributed by atoms with Crippen molar-refractivity contribution in [1.29, 1.82) is 0 Å². The van der Waals surface area contributed by atoms with Crippen LogP contribution in [0.15, 0.2) is 35.9 Å². The van der Waals surface area contributed by atoms with Crippen LogP contribution in [0, 0.1) is 0 Å². The smallest absolute Gasteiger partial charge is 0.273 e. The van der Waals surface area contributed by atoms with Crippen LogP contribution in [0.3, 0.4) is 0 Å². The molecular formula is C18H21ClN4O2. The van der Waals surface area contributed by atoms with Gasteiger partial charge < -0.3 is 10.4 Å². The Bertz CT molecular complexity index is 785. The van der Waals surface area contributed by atoms with E-state index in [4.69, 9.17) is 11.6 Å². The number of amides is 1. The Labute approximate surface area is 151 Å². The number of carbonyl (C=O) groups excluding carboxylic acids is 1. The molecule has 1 aliphatic carbocycles. The molecular weight excluding hydrogens is 340 g/mol. The normalized spacial score (nSPS) is 14.2. The molecule has 0 radical (unpaired) electrons. The Morgan fingerprint density at radius 1 is 1.28 bits per heavy atom. The van der Waals surface area contributed by atoms with E-state index in [1.54, 1.807) is 24.3 Å². The molecule has 0 aliphatic heterocycles. The summed E-state index contributed by atoms with van der Waals surface area (Å²) in [5, 5.41) is 21.2. The summed E-state index contributed by atoms with van der Waals surface area (Å²) in [6, 6.07) is 7.08. The van der Waals surface area contributed by atoms with E-state index < -0.39 is 0 Å². The lowest BCUT2D eigenvalue weighted by atomic mass is 9.97. The van der Waals surface area contributed by atoms with Gasteiger partial charge in [0.15, 0.2) is 5.69 Å². The van der Waals surface area contributed by atoms with Gasteiger partial charge in [-0.15, -0.1) is 15.0 Å². The first-order valence-electron chi connectivity index (χ1n) is 8.47. The van der Waals surface area contributed by atoms with Gasteiger partial charge in [0.2, 0.25) is 0 Å². The lowest BCUT2D eigenvalue weighted by Gasteiger charge is -2.12. The van der Waals surface area contributed by atoms with Crippen LogP contribution in [0.25, 0.3) is 5.69 Å². The van der Waals surface area contributed by atoms with E-state index in [1.807, 2.05) is 0 Å². The number of hydrogen-bond donors (Lipinski definition) is 2. The molecule has 0 saturated carbocycles. The predicted octanol–water partition coefficient (Wildman–Crippen LogP) is 3.03. The number of nitrogens with one attached hydrogen (secondary N) is 1. The van der Waals surface area contributed by atoms with Gasteiger partial charge >= 0.3 is 0 Å². The molecule has 1 amide bonds. The summed E-state index contributed by atoms with van der Waals surface area (Å²) in [5.74, 6) is -0.334. The van der Waals surface area contributed by atoms with Crippen LogP contribution in [-0.4, -0.2) is 32.6 Å². The average Bonchev–Trinajstić information content (AvgIpc) is 3.07. The van der Waals surface area contributed by atoms with E-state index in [-0.39, 0.29) is 23.9 Å². The molecule has 1 heterocycles. The van der Waals surface area contributed by atoms with Crippen LogP contribution in [0.2, 0.25) is 5.02 Å². The van der Waals surface area contributed by atoms with Crippen LogP contribution >= 0.6 is 11.6 Å². The first kappa shape index (κ1) is 17.6. The lowest BCUT2D eigenvalue weighted by molar-refractivity contribution is 0.0945. The van der Waals surface area contributed by atoms with Gasteiger partial charge in [-0.25, -0.2) is 0 Å². The molecule has 0 atom stereocenters. The molecule has 0 fully saturated rings. The number of nitrogens with zero attached hydrogens (tertiary/aromatic N) is 3. The number of carbonyl (C=O) groups is 1. The first-order valence-corrected chi connectivity index (χ1v) is 8.85. The van der Waals surface area contributed by atoms with Gasteiger partial charge in [-0.2, -0.15) is 0 Å². The Balaban J connectivity index is 1.69. The van der Waals surface area contributed by atoms with Gasteiger partial charge in [0, 0.05) is 6.54 Å². The molecule has 1 aromatic heterocycles. The third kappa shape index (κ3) is 4.27. The fourth-order valence-electron chi connectivity index (χ4n) is 2.89. The Hall–Kier alpha value is -2.18. The highest BCUT2D eigenvalue weighted by molar-refractivity contribution is 6.32. The summed E-state index contributed by atoms with van der Waals surface area (Å²) in [6.07, 6.45) is 7.83. The van der Waals surface area contributed by atoms with Crippen LogP contribution < -0.4 is 5.32 Å². The van der Waals surface area contributed by atoms with E-state index in [1.165, 1.54) is 23.2 Å². The molecule has 1 aliphatic rings. The van der Waals surface area contributed by atoms with Gasteiger partial charge in [-0.1, -0.05) is 35.4 Å². The average molecular weight is 361 g/mol. The zero-order valence-corrected chi connectivity index (χ0v) is 14.7. The Morgan fingerprint density at radius 2 is 2.12 bits per heavy atom. The summed E-state index contributed by atoms with van der Waals surface area (Å²) >= 11 is 6.14. The van der Waals surface area contributed by atoms with Crippen molar-refractivity contribution in [2.24, 2.45) is 0 Å². The molecule has 6 nitrogen and oxygen atoms in total. The molecule has 132 valence electrons. The summed E-state index contributed by atoms with van der Waals surface area (Å²) in [4.78, 5) is 13.7. The van der Waals surface area contributed by atoms with Gasteiger partial charge in [0.05, 0.1) is 11.6 Å². The number of aliphatic hydroxyl groups excluding tert-OH is 1. The van der Waals surface area contributed by atoms with E-state index in [0.717, 1.165) is 19.3 Å². The summed E-state index contributed by atoms with van der Waals surface area (Å²) in [5.41, 5.74) is 2.31. The lowest BCUT2D eigenvalue weighted by Crippen LogP contribution is -2.26. The molecule has 3 rings (SSSR count). The second kappa shape index (κ2) is 8.27. The van der Waals surface area contributed by atoms with E-state index >= 15 is 0 Å². The highest BCUT2D eigenvalue weighted by Gasteiger charge is 2.19. The van der Waals surface area contributed by atoms with Crippen LogP contribution in [0.5, 0.6) is 0 Å². The Kier molecular flexibility index (Phi) is 5.83. The maximum Gasteiger partial charge on any atom is 0.273 e. The molecule has 25 heavy (non-hydrogen) atoms. The number of hydrogen-bond acceptors (Lipinski definition) is 4. The van der Waals surface area contributed by atoms with Crippen molar-refractivity contribution in [3.8, 4) is 5.69 Å². The fraction of sp³-hybridized carbons (Fsp3) is 0.389. The maximum absolute atomic E-state index is 12.4. The third-order valence-corrected chi connectivity index (χ3v) is 4.55. The number of rotatable bonds is 6. The number of aliphatic hydroxyl groups is 1. The van der Waals surface area contributed by atoms with Crippen molar-refractivity contribution in [2.75, 3.05) is 6.54 Å². The SMILES string of the molecule is O=C(NCCC1=CCCCC1)c1nn(-c2ccccc2Cl)nc1CO. The molecule has 2 N–H and O–H groups in total. The van der Waals surface area contributed by atoms with Crippen molar-refractivity contribution in [3.05, 3.63) is 52.3 Å². The van der Waals surface area contributed by atoms with Crippen molar-refractivity contribution in [1.82, 2.24) is 20.3 Å². The highest BCUT2D eigenvalue weighted by Crippen LogP contribution is 2.20. The standard InChI is InChI=1S/C18H21ClN4O2/c19-14-8-4-5-9-16(14)23-21-15(12-24)17(22-23)18(25)20-11-10-13-6-2-1-3-7-13/h4-6,8-9,24H,1-3,7,10-12H2,(H,20,25). The summed E-state index contributed by atoms with van der Waals surface area (Å²) < 4.78 is 0. The predicted molar refractivity (Wildman–Crippen MR) is 95.8 cm³/mol. The van der Waals surface area contributed by atoms with E-state index in [9.17, 15) is 9.90 Å². The van der Waals surface area contributed by atoms with Gasteiger partial charge in [0.1, 0.15) is 11.4 Å². The topological polar surface area (TPSA) is 80.0 Å². The number of para-hydroxylation sites is 1. The Morgan fingerprint density at radius 3 is 2.84 bits per heavy atom. The summed E-state index contributed by atoms with van der Waals surface area (Å²) in [6.45, 7) is 0.187. The minimum absolute atomic E-state index is 0.125. The number of aromatic nitrogens is 3. The quantitative estimate of drug-likeness (QED) is 0.776. The van der Waals surface area contributed by atoms with Crippen LogP contribution in [0.1, 0.15) is 48.3 Å². The molecule has 0 bridgehead atoms. The zero-order chi connectivity index (χ0) is 17.6. The number of halogens is 1. The molecule has 2 aromatic rings. The summed E-state index contributed by atoms with van der Waals surface area (Å²) in [7, 11) is 0. The molecule has 0 saturated heterocycles. The van der Waals surface area contributed by atoms with E-state index in [2.05, 4.69) is 21.6 Å². The first-order chi connectivity index (χ1) is 12.2. The van der Waals surface area contributed by atoms with Gasteiger partial charge in [-0.3, -0.25) is 4.79 Å². The van der Waals surface area contributed by atoms with Crippen molar-refractivity contribution >= 4 is 17.5 Å². The van der Waals surface area contributed by atoms with Crippen molar-refractivity contribution in [3.63, 3.8) is 0 Å². The monoisotopic (exact) mass is 360 g/mol. The molecule has 1 aromatic carbocycles. The largest absolute Gasteiger partial charge is 0.390 e. The molecule has 0 unspecified atom stereocenters. The second-order valence-corrected chi connectivity index (χ2v) is 6.42. The van der Waals surface area contributed by atoms with Crippen molar-refractivity contribution < 1.29 is 9.90 Å². The zero-order valence-electron chi connectivity index (χ0n) is 13.9. The maximum atomic E-state index is 12.4.